The summed E-state index contributed by atoms with van der Waals surface area (Å²) >= 11 is 0. The summed E-state index contributed by atoms with van der Waals surface area (Å²) in [6, 6.07) is 0. The van der Waals surface area contributed by atoms with Gasteiger partial charge in [-0.25, -0.2) is 0 Å². The molecule has 6 heteroatoms. The number of aliphatic carboxylic acids is 1. The molecule has 0 saturated carbocycles. The van der Waals surface area contributed by atoms with E-state index < -0.39 is 36.2 Å². The summed E-state index contributed by atoms with van der Waals surface area (Å²) in [6.07, 6.45) is 1.17. The van der Waals surface area contributed by atoms with Gasteiger partial charge in [-0.15, -0.1) is 0 Å². The van der Waals surface area contributed by atoms with Gasteiger partial charge in [-0.2, -0.15) is 0 Å². The third-order valence-electron chi connectivity index (χ3n) is 3.66. The van der Waals surface area contributed by atoms with E-state index in [1.807, 2.05) is 0 Å². The Bertz CT molecular complexity index is 365. The van der Waals surface area contributed by atoms with Gasteiger partial charge in [0.2, 0.25) is 11.8 Å². The van der Waals surface area contributed by atoms with Crippen LogP contribution in [0.25, 0.3) is 0 Å². The number of fused-ring (bicyclic) bond motifs is 5. The number of amides is 2. The molecule has 3 rings (SSSR count). The highest BCUT2D eigenvalue weighted by atomic mass is 16.5. The summed E-state index contributed by atoms with van der Waals surface area (Å²) in [6.45, 7) is -0.635. The van der Waals surface area contributed by atoms with Crippen molar-refractivity contribution in [3.8, 4) is 0 Å². The maximum absolute atomic E-state index is 11.9. The molecule has 0 N–H and O–H groups in total. The molecular weight excluding hydrogens is 214 g/mol. The molecule has 0 aromatic rings. The zero-order valence-electron chi connectivity index (χ0n) is 8.42. The molecule has 3 fully saturated rings. The minimum absolute atomic E-state index is 0.196. The standard InChI is InChI=1S/C10H11NO5/c12-6(13)3-11-9(14)7-4-1-2-5(16-4)8(7)10(11)15/h4-5,7-8H,1-3H2,(H,12,13)/p-1/t4-,5+,7-,8-/m1/s1. The van der Waals surface area contributed by atoms with Crippen molar-refractivity contribution in [1.29, 1.82) is 0 Å². The lowest BCUT2D eigenvalue weighted by atomic mass is 9.81. The van der Waals surface area contributed by atoms with Gasteiger partial charge in [-0.3, -0.25) is 14.5 Å². The van der Waals surface area contributed by atoms with Gasteiger partial charge in [-0.05, 0) is 12.8 Å². The molecular formula is C10H10NO5-. The SMILES string of the molecule is O=C([O-])CN1C(=O)[C@H]2[C@H](C1=O)[C@H]1CC[C@@H]2O1. The average molecular weight is 224 g/mol. The molecule has 3 heterocycles. The topological polar surface area (TPSA) is 86.7 Å². The minimum atomic E-state index is -1.41. The lowest BCUT2D eigenvalue weighted by Gasteiger charge is -2.17. The summed E-state index contributed by atoms with van der Waals surface area (Å²) in [5.74, 6) is -3.14. The Morgan fingerprint density at radius 1 is 1.25 bits per heavy atom. The van der Waals surface area contributed by atoms with Gasteiger partial charge in [0.25, 0.3) is 0 Å². The fourth-order valence-corrected chi connectivity index (χ4v) is 3.06. The number of likely N-dealkylation sites (tertiary alicyclic amines) is 1. The first-order valence-corrected chi connectivity index (χ1v) is 5.30. The minimum Gasteiger partial charge on any atom is -0.548 e. The zero-order valence-corrected chi connectivity index (χ0v) is 8.42. The number of hydrogen-bond donors (Lipinski definition) is 0. The van der Waals surface area contributed by atoms with Gasteiger partial charge in [0.15, 0.2) is 0 Å². The third kappa shape index (κ3) is 1.07. The molecule has 0 aromatic heterocycles. The van der Waals surface area contributed by atoms with Crippen LogP contribution in [0.2, 0.25) is 0 Å². The van der Waals surface area contributed by atoms with E-state index in [2.05, 4.69) is 0 Å². The number of carboxylic acid groups (broad SMARTS) is 1. The van der Waals surface area contributed by atoms with E-state index in [4.69, 9.17) is 4.74 Å². The van der Waals surface area contributed by atoms with E-state index in [0.29, 0.717) is 0 Å². The summed E-state index contributed by atoms with van der Waals surface area (Å²) in [4.78, 5) is 35.0. The van der Waals surface area contributed by atoms with Gasteiger partial charge in [0.1, 0.15) is 0 Å². The van der Waals surface area contributed by atoms with Crippen molar-refractivity contribution >= 4 is 17.8 Å². The highest BCUT2D eigenvalue weighted by Gasteiger charge is 2.62. The second kappa shape index (κ2) is 3.04. The van der Waals surface area contributed by atoms with Crippen molar-refractivity contribution < 1.29 is 24.2 Å². The number of hydrogen-bond acceptors (Lipinski definition) is 5. The number of rotatable bonds is 2. The Labute approximate surface area is 91.2 Å². The summed E-state index contributed by atoms with van der Waals surface area (Å²) in [5, 5.41) is 10.5. The molecule has 3 aliphatic rings. The molecule has 86 valence electrons. The molecule has 3 saturated heterocycles. The van der Waals surface area contributed by atoms with Crippen molar-refractivity contribution in [2.75, 3.05) is 6.54 Å². The Morgan fingerprint density at radius 2 is 1.75 bits per heavy atom. The van der Waals surface area contributed by atoms with Crippen LogP contribution in [0.5, 0.6) is 0 Å². The van der Waals surface area contributed by atoms with Crippen LogP contribution in [0.4, 0.5) is 0 Å². The zero-order chi connectivity index (χ0) is 11.4. The van der Waals surface area contributed by atoms with Crippen molar-refractivity contribution in [3.63, 3.8) is 0 Å². The smallest absolute Gasteiger partial charge is 0.236 e. The number of nitrogens with zero attached hydrogens (tertiary/aromatic N) is 1. The molecule has 0 spiro atoms. The predicted molar refractivity (Wildman–Crippen MR) is 46.6 cm³/mol. The fourth-order valence-electron chi connectivity index (χ4n) is 3.06. The number of carbonyl (C=O) groups is 3. The van der Waals surface area contributed by atoms with Crippen LogP contribution in [0.1, 0.15) is 12.8 Å². The molecule has 3 aliphatic heterocycles. The second-order valence-electron chi connectivity index (χ2n) is 4.48. The monoisotopic (exact) mass is 224 g/mol. The van der Waals surface area contributed by atoms with Crippen molar-refractivity contribution in [2.24, 2.45) is 11.8 Å². The molecule has 2 bridgehead atoms. The predicted octanol–water partition coefficient (Wildman–Crippen LogP) is -2.10. The van der Waals surface area contributed by atoms with E-state index in [9.17, 15) is 19.5 Å². The molecule has 4 atom stereocenters. The van der Waals surface area contributed by atoms with Gasteiger partial charge >= 0.3 is 0 Å². The average Bonchev–Trinajstić information content (AvgIpc) is 2.87. The van der Waals surface area contributed by atoms with Gasteiger partial charge < -0.3 is 14.6 Å². The largest absolute Gasteiger partial charge is 0.548 e. The van der Waals surface area contributed by atoms with Crippen LogP contribution in [-0.4, -0.2) is 41.4 Å². The summed E-state index contributed by atoms with van der Waals surface area (Å²) in [7, 11) is 0. The third-order valence-corrected chi connectivity index (χ3v) is 3.66. The highest BCUT2D eigenvalue weighted by molar-refractivity contribution is 6.07. The van der Waals surface area contributed by atoms with Crippen molar-refractivity contribution in [3.05, 3.63) is 0 Å². The van der Waals surface area contributed by atoms with Crippen molar-refractivity contribution in [2.45, 2.75) is 25.0 Å². The fraction of sp³-hybridized carbons (Fsp3) is 0.700. The number of ether oxygens (including phenoxy) is 1. The van der Waals surface area contributed by atoms with Crippen LogP contribution in [0, 0.1) is 11.8 Å². The van der Waals surface area contributed by atoms with E-state index in [-0.39, 0.29) is 12.2 Å². The van der Waals surface area contributed by atoms with Gasteiger partial charge in [0.05, 0.1) is 36.6 Å². The maximum Gasteiger partial charge on any atom is 0.236 e. The highest BCUT2D eigenvalue weighted by Crippen LogP contribution is 2.48. The normalized spacial score (nSPS) is 40.6. The van der Waals surface area contributed by atoms with E-state index >= 15 is 0 Å². The number of carboxylic acids is 1. The Morgan fingerprint density at radius 3 is 2.19 bits per heavy atom. The molecule has 0 unspecified atom stereocenters. The first-order chi connectivity index (χ1) is 7.59. The molecule has 6 nitrogen and oxygen atoms in total. The molecule has 2 amide bonds. The number of carbonyl (C=O) groups excluding carboxylic acids is 3. The lowest BCUT2D eigenvalue weighted by Crippen LogP contribution is -2.43. The van der Waals surface area contributed by atoms with Gasteiger partial charge in [-0.1, -0.05) is 0 Å². The Balaban J connectivity index is 1.89. The summed E-state index contributed by atoms with van der Waals surface area (Å²) < 4.78 is 5.50. The second-order valence-corrected chi connectivity index (χ2v) is 4.48. The van der Waals surface area contributed by atoms with E-state index in [1.54, 1.807) is 0 Å². The first-order valence-electron chi connectivity index (χ1n) is 5.30. The molecule has 0 aromatic carbocycles. The molecule has 0 aliphatic carbocycles. The van der Waals surface area contributed by atoms with Crippen LogP contribution < -0.4 is 5.11 Å². The van der Waals surface area contributed by atoms with Crippen LogP contribution in [0.15, 0.2) is 0 Å². The van der Waals surface area contributed by atoms with Crippen molar-refractivity contribution in [1.82, 2.24) is 4.90 Å². The van der Waals surface area contributed by atoms with E-state index in [0.717, 1.165) is 17.7 Å². The first kappa shape index (κ1) is 9.77. The van der Waals surface area contributed by atoms with E-state index in [1.165, 1.54) is 0 Å². The quantitative estimate of drug-likeness (QED) is 0.501. The van der Waals surface area contributed by atoms with Crippen LogP contribution in [0.3, 0.4) is 0 Å². The number of imide groups is 1. The maximum atomic E-state index is 11.9. The molecule has 16 heavy (non-hydrogen) atoms. The van der Waals surface area contributed by atoms with Crippen LogP contribution >= 0.6 is 0 Å². The lowest BCUT2D eigenvalue weighted by molar-refractivity contribution is -0.305. The Hall–Kier alpha value is -1.43. The summed E-state index contributed by atoms with van der Waals surface area (Å²) in [5.41, 5.74) is 0. The Kier molecular flexibility index (Phi) is 1.85. The van der Waals surface area contributed by atoms with Gasteiger partial charge in [0, 0.05) is 0 Å². The molecule has 0 radical (unpaired) electrons. The van der Waals surface area contributed by atoms with Crippen LogP contribution in [-0.2, 0) is 19.1 Å².